The fourth-order valence-corrected chi connectivity index (χ4v) is 4.19. The van der Waals surface area contributed by atoms with E-state index in [2.05, 4.69) is 26.6 Å². The molecule has 1 amide bonds. The molecule has 1 N–H and O–H groups in total. The van der Waals surface area contributed by atoms with E-state index >= 15 is 0 Å². The van der Waals surface area contributed by atoms with Crippen molar-refractivity contribution < 1.29 is 14.1 Å². The number of ether oxygens (including phenoxy) is 1. The van der Waals surface area contributed by atoms with Crippen molar-refractivity contribution in [3.8, 4) is 11.8 Å². The predicted molar refractivity (Wildman–Crippen MR) is 125 cm³/mol. The highest BCUT2D eigenvalue weighted by Gasteiger charge is 2.32. The summed E-state index contributed by atoms with van der Waals surface area (Å²) in [5, 5.41) is 20.2. The van der Waals surface area contributed by atoms with Crippen LogP contribution < -0.4 is 15.6 Å². The van der Waals surface area contributed by atoms with Crippen LogP contribution in [0.4, 0.5) is 5.69 Å². The molecule has 0 spiro atoms. The van der Waals surface area contributed by atoms with Gasteiger partial charge in [-0.15, -0.1) is 0 Å². The zero-order valence-corrected chi connectivity index (χ0v) is 19.6. The number of methoxy groups -OCH3 is 1. The number of anilines is 1. The molecule has 3 aromatic heterocycles. The predicted octanol–water partition coefficient (Wildman–Crippen LogP) is 2.57. The van der Waals surface area contributed by atoms with Gasteiger partial charge < -0.3 is 14.6 Å². The maximum absolute atomic E-state index is 13.2. The fourth-order valence-electron chi connectivity index (χ4n) is 4.19. The summed E-state index contributed by atoms with van der Waals surface area (Å²) < 4.78 is 13.1. The van der Waals surface area contributed by atoms with Crippen molar-refractivity contribution in [2.24, 2.45) is 14.1 Å². The molecule has 0 aliphatic carbocycles. The zero-order valence-electron chi connectivity index (χ0n) is 19.6. The minimum atomic E-state index is -0.647. The molecule has 0 saturated heterocycles. The van der Waals surface area contributed by atoms with E-state index in [9.17, 15) is 14.9 Å². The summed E-state index contributed by atoms with van der Waals surface area (Å²) in [7, 11) is 4.68. The summed E-state index contributed by atoms with van der Waals surface area (Å²) >= 11 is 0. The van der Waals surface area contributed by atoms with Gasteiger partial charge in [-0.3, -0.25) is 18.8 Å². The highest BCUT2D eigenvalue weighted by atomic mass is 16.5. The van der Waals surface area contributed by atoms with Crippen LogP contribution in [0.3, 0.4) is 0 Å². The van der Waals surface area contributed by atoms with E-state index in [1.165, 1.54) is 24.1 Å². The van der Waals surface area contributed by atoms with Crippen molar-refractivity contribution in [3.05, 3.63) is 87.7 Å². The smallest absolute Gasteiger partial charge is 0.296 e. The van der Waals surface area contributed by atoms with Crippen LogP contribution in [0.2, 0.25) is 0 Å². The van der Waals surface area contributed by atoms with Gasteiger partial charge in [0.2, 0.25) is 5.75 Å². The van der Waals surface area contributed by atoms with E-state index in [1.807, 2.05) is 32.2 Å². The molecule has 11 nitrogen and oxygen atoms in total. The first kappa shape index (κ1) is 23.4. The van der Waals surface area contributed by atoms with Crippen LogP contribution in [0.1, 0.15) is 51.9 Å². The largest absolute Gasteiger partial charge is 0.489 e. The van der Waals surface area contributed by atoms with E-state index < -0.39 is 17.4 Å². The second-order valence-electron chi connectivity index (χ2n) is 7.93. The van der Waals surface area contributed by atoms with Gasteiger partial charge in [0.1, 0.15) is 17.8 Å². The highest BCUT2D eigenvalue weighted by Crippen LogP contribution is 2.38. The lowest BCUT2D eigenvalue weighted by Crippen LogP contribution is -2.31. The number of amides is 1. The molecule has 35 heavy (non-hydrogen) atoms. The Morgan fingerprint density at radius 2 is 2.03 bits per heavy atom. The molecular formula is C24H23N7O4. The number of carbonyl (C=O) groups excluding carboxylic acids is 1. The number of benzene rings is 1. The molecule has 0 aliphatic rings. The zero-order chi connectivity index (χ0) is 25.1. The third-order valence-electron chi connectivity index (χ3n) is 5.89. The number of aryl methyl sites for hydroxylation is 1. The Bertz CT molecular complexity index is 1460. The normalized spacial score (nSPS) is 12.5. The van der Waals surface area contributed by atoms with Gasteiger partial charge in [0.25, 0.3) is 11.5 Å². The minimum absolute atomic E-state index is 0.170. The molecule has 0 bridgehead atoms. The highest BCUT2D eigenvalue weighted by molar-refractivity contribution is 6.04. The first-order valence-electron chi connectivity index (χ1n) is 10.7. The molecule has 0 aliphatic heterocycles. The Morgan fingerprint density at radius 1 is 1.26 bits per heavy atom. The molecule has 0 radical (unpaired) electrons. The van der Waals surface area contributed by atoms with Crippen molar-refractivity contribution in [2.75, 3.05) is 12.4 Å². The van der Waals surface area contributed by atoms with Crippen LogP contribution in [0, 0.1) is 11.3 Å². The van der Waals surface area contributed by atoms with Crippen LogP contribution in [0.25, 0.3) is 0 Å². The molecule has 2 atom stereocenters. The fraction of sp³-hybridized carbons (Fsp3) is 0.250. The summed E-state index contributed by atoms with van der Waals surface area (Å²) in [5.74, 6) is -1.33. The van der Waals surface area contributed by atoms with Crippen molar-refractivity contribution in [2.45, 2.75) is 18.8 Å². The van der Waals surface area contributed by atoms with Crippen molar-refractivity contribution in [1.29, 1.82) is 5.26 Å². The topological polar surface area (TPSA) is 141 Å². The molecule has 11 heteroatoms. The van der Waals surface area contributed by atoms with Crippen molar-refractivity contribution in [1.82, 2.24) is 24.5 Å². The Labute approximate surface area is 200 Å². The van der Waals surface area contributed by atoms with Crippen molar-refractivity contribution >= 4 is 11.6 Å². The van der Waals surface area contributed by atoms with Gasteiger partial charge >= 0.3 is 0 Å². The summed E-state index contributed by atoms with van der Waals surface area (Å²) in [4.78, 5) is 30.8. The lowest BCUT2D eigenvalue weighted by molar-refractivity contribution is 0.101. The first-order chi connectivity index (χ1) is 16.9. The van der Waals surface area contributed by atoms with E-state index in [0.717, 1.165) is 11.3 Å². The summed E-state index contributed by atoms with van der Waals surface area (Å²) in [6.45, 7) is 1.89. The number of nitrogens with one attached hydrogen (secondary N) is 1. The quantitative estimate of drug-likeness (QED) is 0.432. The number of nitriles is 1. The van der Waals surface area contributed by atoms with Crippen LogP contribution >= 0.6 is 0 Å². The first-order valence-corrected chi connectivity index (χ1v) is 10.7. The van der Waals surface area contributed by atoms with Gasteiger partial charge in [0.15, 0.2) is 5.69 Å². The average molecular weight is 473 g/mol. The van der Waals surface area contributed by atoms with E-state index in [0.29, 0.717) is 17.1 Å². The van der Waals surface area contributed by atoms with Crippen LogP contribution in [0.15, 0.2) is 58.3 Å². The Hall–Kier alpha value is -4.72. The Balaban J connectivity index is 1.89. The number of nitrogens with zero attached hydrogens (tertiary/aromatic N) is 6. The minimum Gasteiger partial charge on any atom is -0.489 e. The van der Waals surface area contributed by atoms with Crippen LogP contribution in [-0.4, -0.2) is 37.5 Å². The maximum Gasteiger partial charge on any atom is 0.296 e. The SMILES string of the molecule is COc1c(C(=O)Nc2cnoc2)nc(C(C)C(c2ccccc2C#N)c2ccnn2C)n(C)c1=O. The van der Waals surface area contributed by atoms with E-state index in [1.54, 1.807) is 30.1 Å². The molecule has 2 unspecified atom stereocenters. The van der Waals surface area contributed by atoms with Gasteiger partial charge in [-0.2, -0.15) is 10.4 Å². The summed E-state index contributed by atoms with van der Waals surface area (Å²) in [6.07, 6.45) is 4.25. The monoisotopic (exact) mass is 473 g/mol. The van der Waals surface area contributed by atoms with Gasteiger partial charge in [-0.05, 0) is 17.7 Å². The lowest BCUT2D eigenvalue weighted by atomic mass is 9.81. The van der Waals surface area contributed by atoms with Gasteiger partial charge in [0.05, 0.1) is 24.9 Å². The van der Waals surface area contributed by atoms with Gasteiger partial charge in [0, 0.05) is 37.8 Å². The van der Waals surface area contributed by atoms with Crippen LogP contribution in [0.5, 0.6) is 5.75 Å². The third kappa shape index (κ3) is 4.29. The standard InChI is InChI=1S/C24H23N7O4/c1-14(19(18-9-10-26-31(18)3)17-8-6-5-7-15(17)11-25)22-29-20(21(34-4)24(33)30(22)2)23(32)28-16-12-27-35-13-16/h5-10,12-14,19H,1-4H3,(H,28,32). The van der Waals surface area contributed by atoms with Gasteiger partial charge in [-0.25, -0.2) is 4.98 Å². The number of aromatic nitrogens is 5. The molecule has 0 saturated carbocycles. The maximum atomic E-state index is 13.2. The third-order valence-corrected chi connectivity index (χ3v) is 5.89. The molecule has 4 rings (SSSR count). The molecule has 3 heterocycles. The second-order valence-corrected chi connectivity index (χ2v) is 7.93. The number of carbonyl (C=O) groups is 1. The molecule has 178 valence electrons. The Kier molecular flexibility index (Phi) is 6.46. The lowest BCUT2D eigenvalue weighted by Gasteiger charge is -2.27. The van der Waals surface area contributed by atoms with Crippen LogP contribution in [-0.2, 0) is 14.1 Å². The Morgan fingerprint density at radius 3 is 2.66 bits per heavy atom. The molecule has 0 fully saturated rings. The summed E-state index contributed by atoms with van der Waals surface area (Å²) in [6, 6.07) is 11.4. The molecule has 4 aromatic rings. The summed E-state index contributed by atoms with van der Waals surface area (Å²) in [5.41, 5.74) is 1.69. The number of rotatable bonds is 7. The molecule has 1 aromatic carbocycles. The number of hydrogen-bond acceptors (Lipinski definition) is 8. The molecular weight excluding hydrogens is 450 g/mol. The van der Waals surface area contributed by atoms with Crippen molar-refractivity contribution in [3.63, 3.8) is 0 Å². The number of hydrogen-bond donors (Lipinski definition) is 1. The van der Waals surface area contributed by atoms with E-state index in [-0.39, 0.29) is 17.4 Å². The average Bonchev–Trinajstić information content (AvgIpc) is 3.53. The van der Waals surface area contributed by atoms with E-state index in [4.69, 9.17) is 9.26 Å². The van der Waals surface area contributed by atoms with Gasteiger partial charge in [-0.1, -0.05) is 30.3 Å². The second kappa shape index (κ2) is 9.64.